The molecule has 0 saturated heterocycles. The number of fused-ring (bicyclic) bond motifs is 2. The zero-order chi connectivity index (χ0) is 16.0. The standard InChI is InChI=1S/C17H13BrN4S/c18-10-1-2-14-12(7-10)15(3-5-21-14)22-6-4-11-13(8-19)17(20)23-16(11)9-22/h1-3,5,7H,4,6,9,20H2. The lowest BCUT2D eigenvalue weighted by Gasteiger charge is -2.30. The van der Waals surface area contributed by atoms with Crippen LogP contribution in [0.2, 0.25) is 0 Å². The van der Waals surface area contributed by atoms with E-state index in [0.29, 0.717) is 10.6 Å². The first-order chi connectivity index (χ1) is 11.2. The van der Waals surface area contributed by atoms with Gasteiger partial charge in [0.2, 0.25) is 0 Å². The van der Waals surface area contributed by atoms with Crippen LogP contribution in [0.4, 0.5) is 10.7 Å². The molecule has 1 aliphatic rings. The van der Waals surface area contributed by atoms with E-state index in [2.05, 4.69) is 44.0 Å². The highest BCUT2D eigenvalue weighted by atomic mass is 79.9. The summed E-state index contributed by atoms with van der Waals surface area (Å²) in [4.78, 5) is 7.99. The number of rotatable bonds is 1. The summed E-state index contributed by atoms with van der Waals surface area (Å²) >= 11 is 5.08. The molecule has 3 heterocycles. The van der Waals surface area contributed by atoms with E-state index in [-0.39, 0.29) is 0 Å². The van der Waals surface area contributed by atoms with Crippen LogP contribution in [0.25, 0.3) is 10.9 Å². The van der Waals surface area contributed by atoms with Crippen LogP contribution in [-0.4, -0.2) is 11.5 Å². The fraction of sp³-hybridized carbons (Fsp3) is 0.176. The Morgan fingerprint density at radius 1 is 1.35 bits per heavy atom. The van der Waals surface area contributed by atoms with Crippen LogP contribution in [-0.2, 0) is 13.0 Å². The fourth-order valence-corrected chi connectivity index (χ4v) is 4.58. The smallest absolute Gasteiger partial charge is 0.104 e. The van der Waals surface area contributed by atoms with Crippen LogP contribution in [0.3, 0.4) is 0 Å². The number of anilines is 2. The number of benzene rings is 1. The molecule has 0 atom stereocenters. The predicted octanol–water partition coefficient (Wildman–Crippen LogP) is 4.08. The van der Waals surface area contributed by atoms with Gasteiger partial charge in [0, 0.05) is 33.2 Å². The summed E-state index contributed by atoms with van der Waals surface area (Å²) < 4.78 is 1.05. The first-order valence-electron chi connectivity index (χ1n) is 7.26. The molecule has 4 nitrogen and oxygen atoms in total. The van der Waals surface area contributed by atoms with Crippen LogP contribution in [0.15, 0.2) is 34.9 Å². The largest absolute Gasteiger partial charge is 0.389 e. The lowest BCUT2D eigenvalue weighted by Crippen LogP contribution is -2.29. The van der Waals surface area contributed by atoms with Crippen molar-refractivity contribution in [1.82, 2.24) is 4.98 Å². The second kappa shape index (κ2) is 5.52. The van der Waals surface area contributed by atoms with E-state index < -0.39 is 0 Å². The predicted molar refractivity (Wildman–Crippen MR) is 97.6 cm³/mol. The molecule has 0 bridgehead atoms. The van der Waals surface area contributed by atoms with Gasteiger partial charge in [-0.2, -0.15) is 5.26 Å². The first-order valence-corrected chi connectivity index (χ1v) is 8.87. The van der Waals surface area contributed by atoms with Gasteiger partial charge < -0.3 is 10.6 Å². The Kier molecular flexibility index (Phi) is 3.47. The SMILES string of the molecule is N#Cc1c(N)sc2c1CCN(c1ccnc3ccc(Br)cc13)C2. The Morgan fingerprint density at radius 2 is 2.22 bits per heavy atom. The average molecular weight is 385 g/mol. The van der Waals surface area contributed by atoms with Crippen molar-refractivity contribution in [2.45, 2.75) is 13.0 Å². The topological polar surface area (TPSA) is 65.9 Å². The highest BCUT2D eigenvalue weighted by Crippen LogP contribution is 2.37. The van der Waals surface area contributed by atoms with Crippen molar-refractivity contribution in [3.8, 4) is 6.07 Å². The molecule has 0 radical (unpaired) electrons. The monoisotopic (exact) mass is 384 g/mol. The molecule has 0 amide bonds. The minimum absolute atomic E-state index is 0.640. The van der Waals surface area contributed by atoms with E-state index in [9.17, 15) is 5.26 Å². The Labute approximate surface area is 146 Å². The molecular weight excluding hydrogens is 372 g/mol. The number of nitrogens with two attached hydrogens (primary N) is 1. The minimum Gasteiger partial charge on any atom is -0.389 e. The van der Waals surface area contributed by atoms with Crippen LogP contribution >= 0.6 is 27.3 Å². The molecule has 0 fully saturated rings. The third kappa shape index (κ3) is 2.37. The van der Waals surface area contributed by atoms with E-state index in [1.165, 1.54) is 21.9 Å². The average Bonchev–Trinajstić information content (AvgIpc) is 2.88. The molecular formula is C17H13BrN4S. The van der Waals surface area contributed by atoms with Gasteiger partial charge in [-0.1, -0.05) is 15.9 Å². The van der Waals surface area contributed by atoms with Crippen molar-refractivity contribution in [2.24, 2.45) is 0 Å². The first kappa shape index (κ1) is 14.5. The molecule has 2 aromatic heterocycles. The van der Waals surface area contributed by atoms with Gasteiger partial charge in [-0.05, 0) is 36.2 Å². The highest BCUT2D eigenvalue weighted by Gasteiger charge is 2.24. The summed E-state index contributed by atoms with van der Waals surface area (Å²) in [5, 5.41) is 11.0. The zero-order valence-electron chi connectivity index (χ0n) is 12.2. The van der Waals surface area contributed by atoms with Crippen LogP contribution in [0, 0.1) is 11.3 Å². The molecule has 1 aliphatic heterocycles. The number of hydrogen-bond acceptors (Lipinski definition) is 5. The Bertz CT molecular complexity index is 957. The van der Waals surface area contributed by atoms with Crippen molar-refractivity contribution >= 4 is 48.9 Å². The Balaban J connectivity index is 1.78. The highest BCUT2D eigenvalue weighted by molar-refractivity contribution is 9.10. The maximum Gasteiger partial charge on any atom is 0.104 e. The fourth-order valence-electron chi connectivity index (χ4n) is 3.13. The molecule has 3 aromatic rings. The number of nitrogen functional groups attached to an aromatic ring is 1. The van der Waals surface area contributed by atoms with Crippen LogP contribution in [0.5, 0.6) is 0 Å². The van der Waals surface area contributed by atoms with Crippen LogP contribution in [0.1, 0.15) is 16.0 Å². The van der Waals surface area contributed by atoms with Gasteiger partial charge in [-0.25, -0.2) is 0 Å². The van der Waals surface area contributed by atoms with Gasteiger partial charge in [-0.15, -0.1) is 11.3 Å². The van der Waals surface area contributed by atoms with E-state index in [1.54, 1.807) is 0 Å². The number of pyridine rings is 1. The van der Waals surface area contributed by atoms with Crippen molar-refractivity contribution in [3.05, 3.63) is 50.9 Å². The lowest BCUT2D eigenvalue weighted by molar-refractivity contribution is 0.746. The van der Waals surface area contributed by atoms with Crippen molar-refractivity contribution in [3.63, 3.8) is 0 Å². The number of thiophene rings is 1. The summed E-state index contributed by atoms with van der Waals surface area (Å²) in [6, 6.07) is 10.4. The maximum absolute atomic E-state index is 9.27. The quantitative estimate of drug-likeness (QED) is 0.686. The third-order valence-corrected chi connectivity index (χ3v) is 5.76. The van der Waals surface area contributed by atoms with Crippen molar-refractivity contribution in [2.75, 3.05) is 17.2 Å². The lowest BCUT2D eigenvalue weighted by atomic mass is 10.0. The van der Waals surface area contributed by atoms with Crippen molar-refractivity contribution < 1.29 is 0 Å². The normalized spacial score (nSPS) is 13.8. The molecule has 4 rings (SSSR count). The van der Waals surface area contributed by atoms with Crippen molar-refractivity contribution in [1.29, 1.82) is 5.26 Å². The van der Waals surface area contributed by atoms with E-state index in [4.69, 9.17) is 5.73 Å². The number of aromatic nitrogens is 1. The number of hydrogen-bond donors (Lipinski definition) is 1. The summed E-state index contributed by atoms with van der Waals surface area (Å²) in [5.41, 5.74) is 9.95. The van der Waals surface area contributed by atoms with Gasteiger partial charge in [0.1, 0.15) is 11.1 Å². The molecule has 6 heteroatoms. The Morgan fingerprint density at radius 3 is 3.04 bits per heavy atom. The van der Waals surface area contributed by atoms with E-state index in [0.717, 1.165) is 40.4 Å². The molecule has 0 saturated carbocycles. The van der Waals surface area contributed by atoms with E-state index in [1.807, 2.05) is 18.3 Å². The second-order valence-corrected chi connectivity index (χ2v) is 7.57. The molecule has 0 aliphatic carbocycles. The molecule has 1 aromatic carbocycles. The van der Waals surface area contributed by atoms with Crippen LogP contribution < -0.4 is 10.6 Å². The van der Waals surface area contributed by atoms with Gasteiger partial charge in [-0.3, -0.25) is 4.98 Å². The molecule has 0 unspecified atom stereocenters. The Hall–Kier alpha value is -2.10. The number of halogens is 1. The van der Waals surface area contributed by atoms with Gasteiger partial charge >= 0.3 is 0 Å². The number of nitriles is 1. The second-order valence-electron chi connectivity index (χ2n) is 5.52. The minimum atomic E-state index is 0.640. The van der Waals surface area contributed by atoms with Gasteiger partial charge in [0.25, 0.3) is 0 Å². The summed E-state index contributed by atoms with van der Waals surface area (Å²) in [6.45, 7) is 1.67. The molecule has 0 spiro atoms. The summed E-state index contributed by atoms with van der Waals surface area (Å²) in [5.74, 6) is 0. The maximum atomic E-state index is 9.27. The van der Waals surface area contributed by atoms with Gasteiger partial charge in [0.15, 0.2) is 0 Å². The molecule has 2 N–H and O–H groups in total. The summed E-state index contributed by atoms with van der Waals surface area (Å²) in [6.07, 6.45) is 2.70. The molecule has 23 heavy (non-hydrogen) atoms. The third-order valence-electron chi connectivity index (χ3n) is 4.22. The molecule has 114 valence electrons. The summed E-state index contributed by atoms with van der Waals surface area (Å²) in [7, 11) is 0. The number of nitrogens with zero attached hydrogens (tertiary/aromatic N) is 3. The zero-order valence-corrected chi connectivity index (χ0v) is 14.6. The van der Waals surface area contributed by atoms with E-state index >= 15 is 0 Å². The van der Waals surface area contributed by atoms with Gasteiger partial charge in [0.05, 0.1) is 17.6 Å².